The maximum atomic E-state index is 5.73. The molecule has 1 aliphatic rings. The monoisotopic (exact) mass is 375 g/mol. The van der Waals surface area contributed by atoms with Gasteiger partial charge in [0, 0.05) is 5.56 Å². The van der Waals surface area contributed by atoms with Crippen molar-refractivity contribution < 1.29 is 9.26 Å². The molecule has 1 aliphatic carbocycles. The van der Waals surface area contributed by atoms with E-state index in [1.807, 2.05) is 49.4 Å². The fourth-order valence-corrected chi connectivity index (χ4v) is 3.78. The number of hydrogen-bond acceptors (Lipinski definition) is 6. The molecule has 1 fully saturated rings. The zero-order chi connectivity index (χ0) is 18.9. The first-order valence-electron chi connectivity index (χ1n) is 9.64. The molecule has 0 N–H and O–H groups in total. The third-order valence-corrected chi connectivity index (χ3v) is 5.22. The van der Waals surface area contributed by atoms with Crippen LogP contribution in [0.4, 0.5) is 0 Å². The summed E-state index contributed by atoms with van der Waals surface area (Å²) in [5.74, 6) is 1.75. The van der Waals surface area contributed by atoms with Gasteiger partial charge < -0.3 is 9.26 Å². The summed E-state index contributed by atoms with van der Waals surface area (Å²) in [7, 11) is 0. The Bertz CT molecular complexity index is 1110. The summed E-state index contributed by atoms with van der Waals surface area (Å²) in [6.45, 7) is 2.26. The number of aryl methyl sites for hydroxylation is 1. The molecule has 0 radical (unpaired) electrons. The average molecular weight is 375 g/mol. The highest BCUT2D eigenvalue weighted by molar-refractivity contribution is 5.79. The van der Waals surface area contributed by atoms with E-state index in [9.17, 15) is 0 Å². The van der Waals surface area contributed by atoms with Gasteiger partial charge in [-0.05, 0) is 55.7 Å². The maximum absolute atomic E-state index is 5.73. The van der Waals surface area contributed by atoms with Gasteiger partial charge >= 0.3 is 0 Å². The first-order chi connectivity index (χ1) is 13.8. The number of fused-ring (bicyclic) bond motifs is 1. The van der Waals surface area contributed by atoms with Crippen LogP contribution in [-0.4, -0.2) is 25.1 Å². The van der Waals surface area contributed by atoms with E-state index in [0.29, 0.717) is 17.8 Å². The zero-order valence-electron chi connectivity index (χ0n) is 15.7. The summed E-state index contributed by atoms with van der Waals surface area (Å²) >= 11 is 0. The van der Waals surface area contributed by atoms with E-state index < -0.39 is 0 Å². The Balaban J connectivity index is 1.34. The van der Waals surface area contributed by atoms with Gasteiger partial charge in [-0.3, -0.25) is 0 Å². The lowest BCUT2D eigenvalue weighted by molar-refractivity contribution is 0.243. The molecule has 1 saturated carbocycles. The van der Waals surface area contributed by atoms with Crippen molar-refractivity contribution >= 4 is 11.0 Å². The average Bonchev–Trinajstić information content (AvgIpc) is 3.45. The largest absolute Gasteiger partial charge is 0.484 e. The summed E-state index contributed by atoms with van der Waals surface area (Å²) in [6, 6.07) is 14.3. The molecular formula is C21H21N5O2. The number of benzene rings is 2. The highest BCUT2D eigenvalue weighted by Crippen LogP contribution is 2.31. The predicted octanol–water partition coefficient (Wildman–Crippen LogP) is 4.48. The van der Waals surface area contributed by atoms with Crippen LogP contribution in [0, 0.1) is 6.92 Å². The van der Waals surface area contributed by atoms with Gasteiger partial charge in [0.25, 0.3) is 5.89 Å². The van der Waals surface area contributed by atoms with Crippen molar-refractivity contribution in [2.75, 3.05) is 0 Å². The van der Waals surface area contributed by atoms with Gasteiger partial charge in [-0.2, -0.15) is 4.98 Å². The first kappa shape index (κ1) is 16.9. The van der Waals surface area contributed by atoms with Gasteiger partial charge in [-0.15, -0.1) is 5.10 Å². The fraction of sp³-hybridized carbons (Fsp3) is 0.333. The first-order valence-corrected chi connectivity index (χ1v) is 9.64. The Kier molecular flexibility index (Phi) is 4.27. The predicted molar refractivity (Wildman–Crippen MR) is 104 cm³/mol. The van der Waals surface area contributed by atoms with Gasteiger partial charge in [0.2, 0.25) is 5.82 Å². The van der Waals surface area contributed by atoms with Crippen LogP contribution in [0.15, 0.2) is 47.0 Å². The van der Waals surface area contributed by atoms with Crippen LogP contribution < -0.4 is 4.74 Å². The molecular weight excluding hydrogens is 354 g/mol. The Morgan fingerprint density at radius 3 is 2.89 bits per heavy atom. The zero-order valence-corrected chi connectivity index (χ0v) is 15.7. The second-order valence-electron chi connectivity index (χ2n) is 7.29. The van der Waals surface area contributed by atoms with E-state index in [2.05, 4.69) is 25.1 Å². The molecule has 2 heterocycles. The Morgan fingerprint density at radius 1 is 1.14 bits per heavy atom. The molecule has 0 saturated heterocycles. The second kappa shape index (κ2) is 7.07. The third kappa shape index (κ3) is 3.24. The van der Waals surface area contributed by atoms with E-state index in [0.717, 1.165) is 27.9 Å². The van der Waals surface area contributed by atoms with Crippen LogP contribution in [0.25, 0.3) is 22.4 Å². The van der Waals surface area contributed by atoms with Gasteiger partial charge in [-0.1, -0.05) is 35.3 Å². The minimum absolute atomic E-state index is 0.233. The highest BCUT2D eigenvalue weighted by atomic mass is 16.5. The Morgan fingerprint density at radius 2 is 2.04 bits per heavy atom. The van der Waals surface area contributed by atoms with Crippen molar-refractivity contribution in [3.63, 3.8) is 0 Å². The van der Waals surface area contributed by atoms with E-state index in [1.54, 1.807) is 0 Å². The van der Waals surface area contributed by atoms with Crippen LogP contribution in [0.3, 0.4) is 0 Å². The van der Waals surface area contributed by atoms with Gasteiger partial charge in [0.1, 0.15) is 11.3 Å². The smallest absolute Gasteiger partial charge is 0.264 e. The van der Waals surface area contributed by atoms with Crippen molar-refractivity contribution in [3.05, 3.63) is 53.9 Å². The molecule has 28 heavy (non-hydrogen) atoms. The number of rotatable bonds is 5. The molecule has 7 heteroatoms. The van der Waals surface area contributed by atoms with E-state index in [4.69, 9.17) is 9.26 Å². The molecule has 142 valence electrons. The molecule has 0 amide bonds. The molecule has 5 rings (SSSR count). The Hall–Kier alpha value is -3.22. The quantitative estimate of drug-likeness (QED) is 0.512. The lowest BCUT2D eigenvalue weighted by Gasteiger charge is -2.09. The van der Waals surface area contributed by atoms with Crippen LogP contribution in [0.1, 0.15) is 43.2 Å². The summed E-state index contributed by atoms with van der Waals surface area (Å²) < 4.78 is 13.1. The van der Waals surface area contributed by atoms with Crippen LogP contribution in [0.5, 0.6) is 5.75 Å². The summed E-state index contributed by atoms with van der Waals surface area (Å²) in [5, 5.41) is 12.8. The lowest BCUT2D eigenvalue weighted by Crippen LogP contribution is -2.06. The highest BCUT2D eigenvalue weighted by Gasteiger charge is 2.20. The molecule has 0 bridgehead atoms. The summed E-state index contributed by atoms with van der Waals surface area (Å²) in [6.07, 6.45) is 4.88. The molecule has 0 unspecified atom stereocenters. The number of ether oxygens (including phenoxy) is 1. The molecule has 2 aromatic carbocycles. The second-order valence-corrected chi connectivity index (χ2v) is 7.29. The van der Waals surface area contributed by atoms with Crippen molar-refractivity contribution in [1.29, 1.82) is 0 Å². The molecule has 0 spiro atoms. The van der Waals surface area contributed by atoms with Crippen LogP contribution in [0.2, 0.25) is 0 Å². The van der Waals surface area contributed by atoms with Gasteiger partial charge in [-0.25, -0.2) is 4.68 Å². The molecule has 0 atom stereocenters. The lowest BCUT2D eigenvalue weighted by atomic mass is 10.1. The third-order valence-electron chi connectivity index (χ3n) is 5.22. The van der Waals surface area contributed by atoms with Gasteiger partial charge in [0.15, 0.2) is 6.61 Å². The van der Waals surface area contributed by atoms with Crippen molar-refractivity contribution in [3.8, 4) is 17.1 Å². The molecule has 0 aliphatic heterocycles. The summed E-state index contributed by atoms with van der Waals surface area (Å²) in [5.41, 5.74) is 3.91. The molecule has 4 aromatic rings. The van der Waals surface area contributed by atoms with E-state index >= 15 is 0 Å². The minimum atomic E-state index is 0.233. The minimum Gasteiger partial charge on any atom is -0.484 e. The number of hydrogen-bond donors (Lipinski definition) is 0. The van der Waals surface area contributed by atoms with Crippen LogP contribution >= 0.6 is 0 Å². The SMILES string of the molecule is Cc1cccc(OCc2nc(-c3ccc4c(c3)nnn4C3CCCC3)no2)c1. The standard InChI is InChI=1S/C21H21N5O2/c1-14-5-4-8-17(11-14)27-13-20-22-21(24-28-20)15-9-10-19-18(12-15)23-25-26(19)16-6-2-3-7-16/h4-5,8-12,16H,2-3,6-7,13H2,1H3. The topological polar surface area (TPSA) is 78.9 Å². The maximum Gasteiger partial charge on any atom is 0.264 e. The molecule has 2 aromatic heterocycles. The van der Waals surface area contributed by atoms with E-state index in [-0.39, 0.29) is 6.61 Å². The number of aromatic nitrogens is 5. The van der Waals surface area contributed by atoms with Crippen molar-refractivity contribution in [2.45, 2.75) is 45.3 Å². The van der Waals surface area contributed by atoms with Crippen LogP contribution in [-0.2, 0) is 6.61 Å². The van der Waals surface area contributed by atoms with Crippen molar-refractivity contribution in [1.82, 2.24) is 25.1 Å². The normalized spacial score (nSPS) is 14.8. The van der Waals surface area contributed by atoms with Crippen molar-refractivity contribution in [2.24, 2.45) is 0 Å². The fourth-order valence-electron chi connectivity index (χ4n) is 3.78. The number of nitrogens with zero attached hydrogens (tertiary/aromatic N) is 5. The summed E-state index contributed by atoms with van der Waals surface area (Å²) in [4.78, 5) is 4.45. The Labute approximate surface area is 162 Å². The van der Waals surface area contributed by atoms with Gasteiger partial charge in [0.05, 0.1) is 11.6 Å². The van der Waals surface area contributed by atoms with E-state index in [1.165, 1.54) is 25.7 Å². The molecule has 7 nitrogen and oxygen atoms in total.